The molecule has 1 heterocycles. The molecule has 2 aliphatic carbocycles. The Bertz CT molecular complexity index is 644. The van der Waals surface area contributed by atoms with E-state index in [1.807, 2.05) is 0 Å². The molecular weight excluding hydrogens is 272 g/mol. The molecule has 116 valence electrons. The number of ether oxygens (including phenoxy) is 1. The molecule has 2 N–H and O–H groups in total. The Morgan fingerprint density at radius 1 is 1.41 bits per heavy atom. The number of allylic oxidation sites excluding steroid dienone is 6. The number of dihydropyridines is 1. The fraction of sp³-hybridized carbons (Fsp3) is 0.421. The van der Waals surface area contributed by atoms with Gasteiger partial charge in [0.05, 0.1) is 0 Å². The molecule has 0 saturated carbocycles. The van der Waals surface area contributed by atoms with E-state index in [1.165, 1.54) is 11.9 Å². The van der Waals surface area contributed by atoms with Crippen LogP contribution in [0.15, 0.2) is 58.7 Å². The molecule has 0 bridgehead atoms. The zero-order valence-electron chi connectivity index (χ0n) is 13.6. The molecule has 0 radical (unpaired) electrons. The van der Waals surface area contributed by atoms with E-state index < -0.39 is 0 Å². The van der Waals surface area contributed by atoms with E-state index in [-0.39, 0.29) is 5.41 Å². The molecule has 1 aliphatic heterocycles. The van der Waals surface area contributed by atoms with Gasteiger partial charge in [0, 0.05) is 24.0 Å². The van der Waals surface area contributed by atoms with Crippen molar-refractivity contribution in [3.8, 4) is 0 Å². The third-order valence-corrected chi connectivity index (χ3v) is 4.44. The largest absolute Gasteiger partial charge is 0.457 e. The predicted octanol–water partition coefficient (Wildman–Crippen LogP) is 4.23. The first-order chi connectivity index (χ1) is 10.5. The molecule has 0 unspecified atom stereocenters. The summed E-state index contributed by atoms with van der Waals surface area (Å²) < 4.78 is 6.18. The van der Waals surface area contributed by atoms with Crippen molar-refractivity contribution >= 4 is 6.21 Å². The highest BCUT2D eigenvalue weighted by Crippen LogP contribution is 2.35. The Morgan fingerprint density at radius 3 is 2.95 bits per heavy atom. The molecule has 0 spiro atoms. The summed E-state index contributed by atoms with van der Waals surface area (Å²) in [6.07, 6.45) is 14.1. The topological polar surface area (TPSA) is 45.1 Å². The normalized spacial score (nSPS) is 26.3. The predicted molar refractivity (Wildman–Crippen MR) is 90.5 cm³/mol. The van der Waals surface area contributed by atoms with Gasteiger partial charge in [-0.05, 0) is 54.1 Å². The van der Waals surface area contributed by atoms with Gasteiger partial charge < -0.3 is 15.5 Å². The van der Waals surface area contributed by atoms with Gasteiger partial charge in [-0.1, -0.05) is 26.8 Å². The zero-order valence-corrected chi connectivity index (χ0v) is 13.6. The van der Waals surface area contributed by atoms with E-state index in [9.17, 15) is 0 Å². The highest BCUT2D eigenvalue weighted by atomic mass is 16.5. The maximum absolute atomic E-state index is 7.59. The van der Waals surface area contributed by atoms with E-state index >= 15 is 0 Å². The van der Waals surface area contributed by atoms with Crippen molar-refractivity contribution < 1.29 is 4.74 Å². The summed E-state index contributed by atoms with van der Waals surface area (Å²) in [6.45, 7) is 7.40. The number of rotatable bonds is 3. The van der Waals surface area contributed by atoms with Crippen LogP contribution in [0.5, 0.6) is 0 Å². The summed E-state index contributed by atoms with van der Waals surface area (Å²) >= 11 is 0. The first-order valence-electron chi connectivity index (χ1n) is 7.95. The Labute approximate surface area is 132 Å². The van der Waals surface area contributed by atoms with Crippen molar-refractivity contribution in [2.24, 2.45) is 11.3 Å². The van der Waals surface area contributed by atoms with Gasteiger partial charge in [0.1, 0.15) is 11.5 Å². The third kappa shape index (κ3) is 2.94. The molecule has 22 heavy (non-hydrogen) atoms. The molecule has 3 aliphatic rings. The monoisotopic (exact) mass is 296 g/mol. The first-order valence-corrected chi connectivity index (χ1v) is 7.95. The molecule has 1 atom stereocenters. The average molecular weight is 296 g/mol. The second kappa shape index (κ2) is 5.64. The molecule has 0 fully saturated rings. The van der Waals surface area contributed by atoms with Crippen LogP contribution in [0.4, 0.5) is 0 Å². The molecular formula is C19H24N2O. The Hall–Kier alpha value is -2.03. The van der Waals surface area contributed by atoms with Crippen LogP contribution in [-0.2, 0) is 4.74 Å². The summed E-state index contributed by atoms with van der Waals surface area (Å²) in [6, 6.07) is 0. The molecule has 0 amide bonds. The van der Waals surface area contributed by atoms with Crippen LogP contribution in [0, 0.1) is 16.7 Å². The standard InChI is InChI=1S/C19H24N2O/c1-13-9-17-16(10-14(13)12-20)18(6-8-21-17)22-15-5-4-7-19(2,3)11-15/h4-6,10-13,20-21H,7-9H2,1-3H3/t13-/m1/s1. The summed E-state index contributed by atoms with van der Waals surface area (Å²) in [5.41, 5.74) is 3.53. The molecule has 0 saturated heterocycles. The quantitative estimate of drug-likeness (QED) is 0.765. The van der Waals surface area contributed by atoms with Crippen molar-refractivity contribution in [1.82, 2.24) is 5.32 Å². The molecule has 3 rings (SSSR count). The van der Waals surface area contributed by atoms with E-state index in [0.717, 1.165) is 42.1 Å². The Morgan fingerprint density at radius 2 is 2.23 bits per heavy atom. The minimum absolute atomic E-state index is 0.145. The van der Waals surface area contributed by atoms with Gasteiger partial charge in [-0.25, -0.2) is 0 Å². The van der Waals surface area contributed by atoms with Crippen LogP contribution in [0.3, 0.4) is 0 Å². The number of hydrogen-bond donors (Lipinski definition) is 2. The van der Waals surface area contributed by atoms with E-state index in [1.54, 1.807) is 0 Å². The third-order valence-electron chi connectivity index (χ3n) is 4.44. The van der Waals surface area contributed by atoms with Crippen LogP contribution in [-0.4, -0.2) is 12.8 Å². The van der Waals surface area contributed by atoms with Crippen molar-refractivity contribution in [3.63, 3.8) is 0 Å². The summed E-state index contributed by atoms with van der Waals surface area (Å²) in [7, 11) is 0. The van der Waals surface area contributed by atoms with Crippen molar-refractivity contribution in [1.29, 1.82) is 5.41 Å². The minimum atomic E-state index is 0.145. The lowest BCUT2D eigenvalue weighted by Crippen LogP contribution is -2.26. The summed E-state index contributed by atoms with van der Waals surface area (Å²) in [4.78, 5) is 0. The average Bonchev–Trinajstić information content (AvgIpc) is 2.46. The SMILES string of the molecule is C[C@@H]1CC2=C(C=C1C=N)C(OC1=CC(C)(C)CC=C1)=CCN2. The fourth-order valence-electron chi connectivity index (χ4n) is 3.14. The van der Waals surface area contributed by atoms with Crippen molar-refractivity contribution in [2.75, 3.05) is 6.54 Å². The molecule has 3 heteroatoms. The lowest BCUT2D eigenvalue weighted by molar-refractivity contribution is 0.308. The molecule has 3 nitrogen and oxygen atoms in total. The first kappa shape index (κ1) is 14.9. The lowest BCUT2D eigenvalue weighted by atomic mass is 9.85. The van der Waals surface area contributed by atoms with Crippen molar-refractivity contribution in [2.45, 2.75) is 33.6 Å². The maximum Gasteiger partial charge on any atom is 0.134 e. The van der Waals surface area contributed by atoms with Crippen LogP contribution in [0.1, 0.15) is 33.6 Å². The van der Waals surface area contributed by atoms with Gasteiger partial charge >= 0.3 is 0 Å². The van der Waals surface area contributed by atoms with Crippen LogP contribution >= 0.6 is 0 Å². The van der Waals surface area contributed by atoms with Gasteiger partial charge in [-0.15, -0.1) is 0 Å². The smallest absolute Gasteiger partial charge is 0.134 e. The molecule has 0 aromatic rings. The van der Waals surface area contributed by atoms with Gasteiger partial charge in [-0.3, -0.25) is 0 Å². The molecule has 0 aromatic heterocycles. The minimum Gasteiger partial charge on any atom is -0.457 e. The van der Waals surface area contributed by atoms with Gasteiger partial charge in [-0.2, -0.15) is 0 Å². The highest BCUT2D eigenvalue weighted by molar-refractivity contribution is 5.79. The van der Waals surface area contributed by atoms with E-state index in [2.05, 4.69) is 56.5 Å². The van der Waals surface area contributed by atoms with Crippen molar-refractivity contribution in [3.05, 3.63) is 58.7 Å². The van der Waals surface area contributed by atoms with Gasteiger partial charge in [0.2, 0.25) is 0 Å². The summed E-state index contributed by atoms with van der Waals surface area (Å²) in [5.74, 6) is 2.21. The Kier molecular flexibility index (Phi) is 3.81. The second-order valence-corrected chi connectivity index (χ2v) is 6.98. The van der Waals surface area contributed by atoms with Gasteiger partial charge in [0.25, 0.3) is 0 Å². The van der Waals surface area contributed by atoms with Crippen LogP contribution in [0.2, 0.25) is 0 Å². The fourth-order valence-corrected chi connectivity index (χ4v) is 3.14. The summed E-state index contributed by atoms with van der Waals surface area (Å²) in [5, 5.41) is 11.0. The van der Waals surface area contributed by atoms with Crippen LogP contribution in [0.25, 0.3) is 0 Å². The van der Waals surface area contributed by atoms with Crippen LogP contribution < -0.4 is 5.32 Å². The lowest BCUT2D eigenvalue weighted by Gasteiger charge is -2.30. The number of hydrogen-bond acceptors (Lipinski definition) is 3. The number of nitrogens with one attached hydrogen (secondary N) is 2. The zero-order chi connectivity index (χ0) is 15.7. The van der Waals surface area contributed by atoms with E-state index in [4.69, 9.17) is 10.1 Å². The maximum atomic E-state index is 7.59. The molecule has 0 aromatic carbocycles. The Balaban J connectivity index is 1.87. The highest BCUT2D eigenvalue weighted by Gasteiger charge is 2.25. The van der Waals surface area contributed by atoms with E-state index in [0.29, 0.717) is 5.92 Å². The van der Waals surface area contributed by atoms with Gasteiger partial charge in [0.15, 0.2) is 0 Å². The second-order valence-electron chi connectivity index (χ2n) is 6.98.